The highest BCUT2D eigenvalue weighted by molar-refractivity contribution is 5.65. The van der Waals surface area contributed by atoms with Crippen molar-refractivity contribution >= 4 is 11.4 Å². The van der Waals surface area contributed by atoms with Crippen LogP contribution >= 0.6 is 0 Å². The van der Waals surface area contributed by atoms with Crippen LogP contribution in [-0.2, 0) is 0 Å². The van der Waals surface area contributed by atoms with Crippen LogP contribution in [0, 0.1) is 32.9 Å². The number of nitrogens with one attached hydrogen (secondary N) is 1. The lowest BCUT2D eigenvalue weighted by molar-refractivity contribution is -0.383. The number of hydrogen-bond acceptors (Lipinski definition) is 5. The van der Waals surface area contributed by atoms with Gasteiger partial charge in [0.1, 0.15) is 5.69 Å². The summed E-state index contributed by atoms with van der Waals surface area (Å²) in [5, 5.41) is 29.5. The minimum Gasteiger partial charge on any atom is -0.287 e. The van der Waals surface area contributed by atoms with E-state index in [0.717, 1.165) is 6.07 Å². The molecule has 0 radical (unpaired) electrons. The summed E-state index contributed by atoms with van der Waals surface area (Å²) >= 11 is 0. The molecule has 1 N–H and O–H groups in total. The first-order chi connectivity index (χ1) is 6.69. The van der Waals surface area contributed by atoms with Gasteiger partial charge >= 0.3 is 0 Å². The highest BCUT2D eigenvalue weighted by atomic mass is 16.6. The van der Waals surface area contributed by atoms with E-state index in [1.807, 2.05) is 0 Å². The molecule has 1 aromatic carbocycles. The summed E-state index contributed by atoms with van der Waals surface area (Å²) in [5.41, 5.74) is -0.0257. The highest BCUT2D eigenvalue weighted by Gasteiger charge is 2.13. The van der Waals surface area contributed by atoms with Gasteiger partial charge in [-0.15, -0.1) is 0 Å². The third kappa shape index (κ3) is 1.76. The second-order valence-corrected chi connectivity index (χ2v) is 2.34. The van der Waals surface area contributed by atoms with Gasteiger partial charge in [0.05, 0.1) is 16.6 Å². The van der Waals surface area contributed by atoms with E-state index >= 15 is 0 Å². The average molecular weight is 188 g/mol. The molecule has 14 heavy (non-hydrogen) atoms. The quantitative estimate of drug-likeness (QED) is 0.326. The molecule has 6 nitrogen and oxygen atoms in total. The predicted molar refractivity (Wildman–Crippen MR) is 47.0 cm³/mol. The van der Waals surface area contributed by atoms with Gasteiger partial charge in [-0.25, -0.2) is 0 Å². The first-order valence-corrected chi connectivity index (χ1v) is 3.52. The Bertz CT molecular complexity index is 455. The molecule has 0 spiro atoms. The highest BCUT2D eigenvalue weighted by Crippen LogP contribution is 2.24. The summed E-state index contributed by atoms with van der Waals surface area (Å²) < 4.78 is 0. The minimum atomic E-state index is -0.652. The van der Waals surface area contributed by atoms with E-state index in [0.29, 0.717) is 0 Å². The van der Waals surface area contributed by atoms with Gasteiger partial charge in [0.2, 0.25) is 0 Å². The zero-order valence-electron chi connectivity index (χ0n) is 6.89. The minimum absolute atomic E-state index is 0.0801. The Labute approximate surface area is 79.1 Å². The number of hydrogen-bond donors (Lipinski definition) is 1. The van der Waals surface area contributed by atoms with Crippen LogP contribution in [-0.4, -0.2) is 4.92 Å². The normalized spacial score (nSPS) is 8.43. The zero-order valence-corrected chi connectivity index (χ0v) is 6.89. The molecule has 0 unspecified atom stereocenters. The Hall–Kier alpha value is -2.60. The van der Waals surface area contributed by atoms with Gasteiger partial charge in [-0.05, 0) is 12.1 Å². The average Bonchev–Trinajstić information content (AvgIpc) is 2.18. The molecule has 6 heteroatoms. The van der Waals surface area contributed by atoms with E-state index in [-0.39, 0.29) is 16.9 Å². The van der Waals surface area contributed by atoms with Crippen LogP contribution in [0.5, 0.6) is 0 Å². The number of benzene rings is 1. The summed E-state index contributed by atoms with van der Waals surface area (Å²) in [7, 11) is 0. The third-order valence-corrected chi connectivity index (χ3v) is 1.51. The van der Waals surface area contributed by atoms with Crippen molar-refractivity contribution in [1.29, 1.82) is 10.5 Å². The topological polar surface area (TPSA) is 103 Å². The van der Waals surface area contributed by atoms with Crippen LogP contribution in [0.2, 0.25) is 0 Å². The summed E-state index contributed by atoms with van der Waals surface area (Å²) in [4.78, 5) is 9.86. The van der Waals surface area contributed by atoms with Crippen LogP contribution in [0.1, 0.15) is 5.56 Å². The molecule has 0 aliphatic rings. The van der Waals surface area contributed by atoms with E-state index < -0.39 is 4.92 Å². The molecule has 0 aliphatic carbocycles. The van der Waals surface area contributed by atoms with Crippen molar-refractivity contribution in [1.82, 2.24) is 0 Å². The lowest BCUT2D eigenvalue weighted by atomic mass is 10.2. The first kappa shape index (κ1) is 9.49. The van der Waals surface area contributed by atoms with Gasteiger partial charge in [-0.1, -0.05) is 0 Å². The molecular weight excluding hydrogens is 184 g/mol. The van der Waals surface area contributed by atoms with E-state index in [1.54, 1.807) is 12.3 Å². The second kappa shape index (κ2) is 3.87. The van der Waals surface area contributed by atoms with Gasteiger partial charge in [-0.2, -0.15) is 10.5 Å². The second-order valence-electron chi connectivity index (χ2n) is 2.34. The van der Waals surface area contributed by atoms with Crippen LogP contribution in [0.3, 0.4) is 0 Å². The van der Waals surface area contributed by atoms with Crippen molar-refractivity contribution in [2.45, 2.75) is 0 Å². The molecular formula is C8H4N4O2. The monoisotopic (exact) mass is 188 g/mol. The maximum atomic E-state index is 10.5. The molecule has 1 aromatic rings. The van der Waals surface area contributed by atoms with Gasteiger partial charge in [0.25, 0.3) is 5.69 Å². The lowest BCUT2D eigenvalue weighted by Crippen LogP contribution is -1.96. The Balaban J connectivity index is 3.27. The van der Waals surface area contributed by atoms with Gasteiger partial charge in [0.15, 0.2) is 6.19 Å². The van der Waals surface area contributed by atoms with Crippen molar-refractivity contribution in [3.8, 4) is 12.3 Å². The smallest absolute Gasteiger partial charge is 0.287 e. The Morgan fingerprint density at radius 3 is 2.64 bits per heavy atom. The van der Waals surface area contributed by atoms with Crippen molar-refractivity contribution in [3.63, 3.8) is 0 Å². The summed E-state index contributed by atoms with van der Waals surface area (Å²) in [6.07, 6.45) is 1.58. The van der Waals surface area contributed by atoms with Crippen molar-refractivity contribution in [2.24, 2.45) is 0 Å². The number of nitrogens with zero attached hydrogens (tertiary/aromatic N) is 3. The fraction of sp³-hybridized carbons (Fsp3) is 0. The van der Waals surface area contributed by atoms with E-state index in [9.17, 15) is 10.1 Å². The molecule has 0 heterocycles. The van der Waals surface area contributed by atoms with E-state index in [1.165, 1.54) is 12.1 Å². The third-order valence-electron chi connectivity index (χ3n) is 1.51. The molecule has 0 saturated carbocycles. The number of nitro benzene ring substituents is 1. The van der Waals surface area contributed by atoms with Gasteiger partial charge in [-0.3, -0.25) is 15.4 Å². The lowest BCUT2D eigenvalue weighted by Gasteiger charge is -1.98. The molecule has 0 aliphatic heterocycles. The standard InChI is InChI=1S/C8H4N4O2/c9-4-6-1-2-7(11-5-10)8(3-6)12(13)14/h1-3,11H. The fourth-order valence-corrected chi connectivity index (χ4v) is 0.918. The zero-order chi connectivity index (χ0) is 10.6. The largest absolute Gasteiger partial charge is 0.294 e. The summed E-state index contributed by atoms with van der Waals surface area (Å²) in [6, 6.07) is 5.60. The molecule has 0 amide bonds. The van der Waals surface area contributed by atoms with Crippen LogP contribution in [0.15, 0.2) is 18.2 Å². The SMILES string of the molecule is N#CNc1ccc(C#N)cc1[N+](=O)[O-]. The number of nitro groups is 1. The first-order valence-electron chi connectivity index (χ1n) is 3.52. The van der Waals surface area contributed by atoms with Crippen molar-refractivity contribution in [2.75, 3.05) is 5.32 Å². The molecule has 0 atom stereocenters. The van der Waals surface area contributed by atoms with E-state index in [2.05, 4.69) is 5.32 Å². The predicted octanol–water partition coefficient (Wildman–Crippen LogP) is 1.36. The summed E-state index contributed by atoms with van der Waals surface area (Å²) in [6.45, 7) is 0. The Morgan fingerprint density at radius 2 is 2.14 bits per heavy atom. The van der Waals surface area contributed by atoms with Crippen LogP contribution in [0.25, 0.3) is 0 Å². The Kier molecular flexibility index (Phi) is 2.63. The summed E-state index contributed by atoms with van der Waals surface area (Å²) in [5.74, 6) is 0. The van der Waals surface area contributed by atoms with Crippen molar-refractivity contribution in [3.05, 3.63) is 33.9 Å². The maximum Gasteiger partial charge on any atom is 0.294 e. The Morgan fingerprint density at radius 1 is 1.43 bits per heavy atom. The van der Waals surface area contributed by atoms with Crippen LogP contribution < -0.4 is 5.32 Å². The maximum absolute atomic E-state index is 10.5. The number of rotatable bonds is 2. The van der Waals surface area contributed by atoms with Crippen molar-refractivity contribution < 1.29 is 4.92 Å². The molecule has 0 saturated heterocycles. The van der Waals surface area contributed by atoms with Gasteiger partial charge in [0, 0.05) is 6.07 Å². The molecule has 0 aromatic heterocycles. The molecule has 0 bridgehead atoms. The number of nitriles is 2. The number of anilines is 1. The van der Waals surface area contributed by atoms with E-state index in [4.69, 9.17) is 10.5 Å². The van der Waals surface area contributed by atoms with Crippen LogP contribution in [0.4, 0.5) is 11.4 Å². The molecule has 68 valence electrons. The molecule has 0 fully saturated rings. The fourth-order valence-electron chi connectivity index (χ4n) is 0.918. The van der Waals surface area contributed by atoms with Gasteiger partial charge < -0.3 is 0 Å². The molecule has 1 rings (SSSR count).